The van der Waals surface area contributed by atoms with Crippen LogP contribution in [0.15, 0.2) is 29.3 Å². The molecule has 1 aromatic rings. The van der Waals surface area contributed by atoms with Crippen molar-refractivity contribution >= 4 is 29.6 Å². The van der Waals surface area contributed by atoms with Crippen LogP contribution in [0, 0.1) is 5.92 Å². The molecule has 4 amide bonds. The van der Waals surface area contributed by atoms with E-state index in [4.69, 9.17) is 11.5 Å². The smallest absolute Gasteiger partial charge is 0.370 e. The Morgan fingerprint density at radius 1 is 1.16 bits per heavy atom. The van der Waals surface area contributed by atoms with Crippen molar-refractivity contribution in [3.63, 3.8) is 0 Å². The Hall–Kier alpha value is -3.84. The number of benzene rings is 1. The third-order valence-electron chi connectivity index (χ3n) is 7.53. The average Bonchev–Trinajstić information content (AvgIpc) is 2.95. The monoisotopic (exact) mass is 611 g/mol. The summed E-state index contributed by atoms with van der Waals surface area (Å²) in [6.45, 7) is 3.79. The molecule has 11 nitrogen and oxygen atoms in total. The van der Waals surface area contributed by atoms with Gasteiger partial charge in [-0.1, -0.05) is 38.5 Å². The first kappa shape index (κ1) is 35.4. The minimum Gasteiger partial charge on any atom is -0.370 e. The van der Waals surface area contributed by atoms with Crippen LogP contribution in [0.3, 0.4) is 0 Å². The number of hydrogen-bond acceptors (Lipinski definition) is 5. The van der Waals surface area contributed by atoms with Crippen LogP contribution in [0.2, 0.25) is 0 Å². The summed E-state index contributed by atoms with van der Waals surface area (Å²) in [7, 11) is 1.50. The van der Waals surface area contributed by atoms with Crippen LogP contribution in [-0.2, 0) is 31.8 Å². The number of halogens is 3. The Morgan fingerprint density at radius 2 is 1.88 bits per heavy atom. The number of unbranched alkanes of at least 4 members (excludes halogenated alkanes) is 1. The number of nitrogens with zero attached hydrogens (tertiary/aromatic N) is 3. The molecule has 0 aliphatic carbocycles. The van der Waals surface area contributed by atoms with E-state index in [-0.39, 0.29) is 50.1 Å². The quantitative estimate of drug-likeness (QED) is 0.179. The minimum absolute atomic E-state index is 0.0348. The van der Waals surface area contributed by atoms with Gasteiger partial charge >= 0.3 is 6.18 Å². The fourth-order valence-electron chi connectivity index (χ4n) is 4.88. The lowest BCUT2D eigenvalue weighted by atomic mass is 9.96. The number of guanidine groups is 1. The lowest BCUT2D eigenvalue weighted by Crippen LogP contribution is -2.56. The molecule has 6 N–H and O–H groups in total. The predicted molar refractivity (Wildman–Crippen MR) is 156 cm³/mol. The maximum absolute atomic E-state index is 13.9. The number of carbonyl (C=O) groups is 4. The maximum Gasteiger partial charge on any atom is 0.416 e. The van der Waals surface area contributed by atoms with Gasteiger partial charge in [0.05, 0.1) is 12.1 Å². The Balaban J connectivity index is 2.39. The molecular weight excluding hydrogens is 567 g/mol. The molecule has 1 aliphatic heterocycles. The Morgan fingerprint density at radius 3 is 2.53 bits per heavy atom. The molecule has 0 radical (unpaired) electrons. The highest BCUT2D eigenvalue weighted by atomic mass is 19.4. The molecule has 1 heterocycles. The number of nitrogens with one attached hydrogen (secondary N) is 2. The van der Waals surface area contributed by atoms with Crippen molar-refractivity contribution in [2.24, 2.45) is 22.4 Å². The van der Waals surface area contributed by atoms with E-state index >= 15 is 0 Å². The lowest BCUT2D eigenvalue weighted by molar-refractivity contribution is -0.146. The van der Waals surface area contributed by atoms with Gasteiger partial charge in [-0.05, 0) is 49.7 Å². The van der Waals surface area contributed by atoms with Crippen LogP contribution in [-0.4, -0.2) is 84.7 Å². The first-order valence-electron chi connectivity index (χ1n) is 14.6. The van der Waals surface area contributed by atoms with Crippen LogP contribution < -0.4 is 22.1 Å². The van der Waals surface area contributed by atoms with E-state index in [9.17, 15) is 32.3 Å². The standard InChI is InChI=1S/C29H44F3N7O4/c1-4-19(2)25-26(42)35-15-8-12-23(40)37-22(11-5-6-14-36-28(33)34)27(43)39(18-24(41)38(25)3)16-13-20-9-7-10-21(17-20)29(30,31)32/h7,9-10,17,19,22,25H,4-6,8,11-16,18H2,1-3H3,(H,35,42)(H,37,40)(H4,33,34,36)/t19-,22+,25-/m1/s1. The highest BCUT2D eigenvalue weighted by molar-refractivity contribution is 5.93. The zero-order valence-corrected chi connectivity index (χ0v) is 25.1. The van der Waals surface area contributed by atoms with Crippen molar-refractivity contribution < 1.29 is 32.3 Å². The molecule has 1 saturated heterocycles. The number of alkyl halides is 3. The largest absolute Gasteiger partial charge is 0.416 e. The molecule has 43 heavy (non-hydrogen) atoms. The maximum atomic E-state index is 13.9. The molecule has 2 rings (SSSR count). The highest BCUT2D eigenvalue weighted by Gasteiger charge is 2.34. The van der Waals surface area contributed by atoms with E-state index in [1.165, 1.54) is 29.0 Å². The van der Waals surface area contributed by atoms with E-state index in [2.05, 4.69) is 15.6 Å². The van der Waals surface area contributed by atoms with Gasteiger partial charge in [0.25, 0.3) is 0 Å². The van der Waals surface area contributed by atoms with Gasteiger partial charge in [-0.25, -0.2) is 0 Å². The number of aliphatic imine (C=N–C) groups is 1. The molecule has 1 aromatic carbocycles. The van der Waals surface area contributed by atoms with Crippen LogP contribution >= 0.6 is 0 Å². The van der Waals surface area contributed by atoms with E-state index in [1.54, 1.807) is 0 Å². The minimum atomic E-state index is -4.53. The molecule has 14 heteroatoms. The Bertz CT molecular complexity index is 1140. The molecule has 0 bridgehead atoms. The van der Waals surface area contributed by atoms with Gasteiger partial charge < -0.3 is 31.9 Å². The molecule has 240 valence electrons. The first-order valence-corrected chi connectivity index (χ1v) is 14.6. The highest BCUT2D eigenvalue weighted by Crippen LogP contribution is 2.29. The third-order valence-corrected chi connectivity index (χ3v) is 7.53. The fourth-order valence-corrected chi connectivity index (χ4v) is 4.88. The zero-order chi connectivity index (χ0) is 32.2. The number of carbonyl (C=O) groups excluding carboxylic acids is 4. The van der Waals surface area contributed by atoms with Gasteiger partial charge in [-0.2, -0.15) is 13.2 Å². The van der Waals surface area contributed by atoms with Gasteiger partial charge in [0, 0.05) is 33.1 Å². The molecule has 0 unspecified atom stereocenters. The molecular formula is C29H44F3N7O4. The van der Waals surface area contributed by atoms with Crippen molar-refractivity contribution in [3.8, 4) is 0 Å². The van der Waals surface area contributed by atoms with Crippen molar-refractivity contribution in [3.05, 3.63) is 35.4 Å². The molecule has 3 atom stereocenters. The number of likely N-dealkylation sites (N-methyl/N-ethyl adjacent to an activating group) is 1. The average molecular weight is 612 g/mol. The van der Waals surface area contributed by atoms with Crippen molar-refractivity contribution in [2.45, 2.75) is 77.1 Å². The van der Waals surface area contributed by atoms with Crippen molar-refractivity contribution in [2.75, 3.05) is 33.2 Å². The third kappa shape index (κ3) is 11.4. The summed E-state index contributed by atoms with van der Waals surface area (Å²) in [4.78, 5) is 59.7. The summed E-state index contributed by atoms with van der Waals surface area (Å²) in [5, 5.41) is 5.56. The lowest BCUT2D eigenvalue weighted by Gasteiger charge is -2.34. The number of nitrogens with two attached hydrogens (primary N) is 2. The van der Waals surface area contributed by atoms with E-state index < -0.39 is 48.1 Å². The van der Waals surface area contributed by atoms with Gasteiger partial charge in [-0.15, -0.1) is 0 Å². The van der Waals surface area contributed by atoms with Crippen LogP contribution in [0.1, 0.15) is 63.5 Å². The van der Waals surface area contributed by atoms with Crippen LogP contribution in [0.4, 0.5) is 13.2 Å². The second kappa shape index (κ2) is 16.7. The second-order valence-corrected chi connectivity index (χ2v) is 10.9. The number of hydrogen-bond donors (Lipinski definition) is 4. The first-order chi connectivity index (χ1) is 20.2. The van der Waals surface area contributed by atoms with Gasteiger partial charge in [0.1, 0.15) is 12.1 Å². The molecule has 0 saturated carbocycles. The normalized spacial score (nSPS) is 20.2. The molecule has 0 aromatic heterocycles. The zero-order valence-electron chi connectivity index (χ0n) is 25.1. The summed E-state index contributed by atoms with van der Waals surface area (Å²) in [5.74, 6) is -2.05. The Labute approximate surface area is 250 Å². The van der Waals surface area contributed by atoms with Crippen LogP contribution in [0.5, 0.6) is 0 Å². The van der Waals surface area contributed by atoms with E-state index in [0.717, 1.165) is 12.1 Å². The van der Waals surface area contributed by atoms with E-state index in [1.807, 2.05) is 13.8 Å². The van der Waals surface area contributed by atoms with E-state index in [0.29, 0.717) is 37.8 Å². The second-order valence-electron chi connectivity index (χ2n) is 10.9. The summed E-state index contributed by atoms with van der Waals surface area (Å²) < 4.78 is 39.9. The summed E-state index contributed by atoms with van der Waals surface area (Å²) >= 11 is 0. The summed E-state index contributed by atoms with van der Waals surface area (Å²) in [5.41, 5.74) is 10.2. The summed E-state index contributed by atoms with van der Waals surface area (Å²) in [6.07, 6.45) is -2.25. The van der Waals surface area contributed by atoms with Crippen LogP contribution in [0.25, 0.3) is 0 Å². The van der Waals surface area contributed by atoms with Crippen molar-refractivity contribution in [1.29, 1.82) is 0 Å². The molecule has 1 aliphatic rings. The topological polar surface area (TPSA) is 163 Å². The number of rotatable bonds is 10. The van der Waals surface area contributed by atoms with Crippen molar-refractivity contribution in [1.82, 2.24) is 20.4 Å². The van der Waals surface area contributed by atoms with Gasteiger partial charge in [0.2, 0.25) is 23.6 Å². The Kier molecular flexibility index (Phi) is 13.7. The fraction of sp³-hybridized carbons (Fsp3) is 0.621. The predicted octanol–water partition coefficient (Wildman–Crippen LogP) is 1.79. The molecule has 1 fully saturated rings. The van der Waals surface area contributed by atoms with Gasteiger partial charge in [-0.3, -0.25) is 24.2 Å². The molecule has 0 spiro atoms. The SMILES string of the molecule is CC[C@@H](C)[C@@H]1C(=O)NCCCC(=O)N[C@@H](CCCCN=C(N)N)C(=O)N(CCc2cccc(C(F)(F)F)c2)CC(=O)N1C. The summed E-state index contributed by atoms with van der Waals surface area (Å²) in [6, 6.07) is 2.99. The number of amides is 4. The van der Waals surface area contributed by atoms with Gasteiger partial charge in [0.15, 0.2) is 5.96 Å².